The maximum atomic E-state index is 11.9. The van der Waals surface area contributed by atoms with E-state index >= 15 is 0 Å². The molecule has 16 nitrogen and oxygen atoms in total. The molecular formula is C24H52N4O12Si2. The van der Waals surface area contributed by atoms with Crippen LogP contribution in [-0.4, -0.2) is 136 Å². The average Bonchev–Trinajstić information content (AvgIpc) is 3.01. The van der Waals surface area contributed by atoms with Crippen LogP contribution in [0.25, 0.3) is 0 Å². The van der Waals surface area contributed by atoms with Crippen molar-refractivity contribution in [2.24, 2.45) is 0 Å². The molecule has 0 aliphatic carbocycles. The lowest BCUT2D eigenvalue weighted by atomic mass is 10.3. The van der Waals surface area contributed by atoms with E-state index in [0.29, 0.717) is 44.4 Å². The van der Waals surface area contributed by atoms with Gasteiger partial charge in [-0.05, 0) is 25.9 Å². The standard InChI is InChI=1S/C24H52N4O12Si2/c1-8-22(29)39-18-15-27-23(30)26-14-17-38-21(25-12-9-19-41(32-2,33-3)34-4)11-16-40-24(31)28-13-10-20-42(35-5,36-6)37-7/h8,21,24-25,28,31H,1,9-20H2,2-7H3,(H2,26,27,30). The third-order valence-electron chi connectivity index (χ3n) is 6.04. The minimum atomic E-state index is -2.69. The molecule has 0 bridgehead atoms. The number of hydrogen-bond donors (Lipinski definition) is 5. The molecule has 2 atom stereocenters. The summed E-state index contributed by atoms with van der Waals surface area (Å²) in [6.07, 6.45) is 1.26. The summed E-state index contributed by atoms with van der Waals surface area (Å²) in [6, 6.07) is 0.777. The van der Waals surface area contributed by atoms with Crippen molar-refractivity contribution >= 4 is 29.6 Å². The zero-order valence-corrected chi connectivity index (χ0v) is 27.9. The van der Waals surface area contributed by atoms with Crippen molar-refractivity contribution in [2.75, 3.05) is 88.7 Å². The van der Waals surface area contributed by atoms with Crippen molar-refractivity contribution in [2.45, 2.75) is 44.0 Å². The molecule has 18 heteroatoms. The first-order chi connectivity index (χ1) is 20.2. The maximum absolute atomic E-state index is 11.9. The van der Waals surface area contributed by atoms with Crippen molar-refractivity contribution in [3.8, 4) is 0 Å². The first-order valence-electron chi connectivity index (χ1n) is 13.7. The van der Waals surface area contributed by atoms with Gasteiger partial charge in [0.15, 0.2) is 0 Å². The van der Waals surface area contributed by atoms with Gasteiger partial charge in [0.2, 0.25) is 6.41 Å². The Hall–Kier alpha value is -1.53. The minimum Gasteiger partial charge on any atom is -0.461 e. The largest absolute Gasteiger partial charge is 0.500 e. The Labute approximate surface area is 251 Å². The van der Waals surface area contributed by atoms with E-state index < -0.39 is 42.3 Å². The van der Waals surface area contributed by atoms with E-state index in [2.05, 4.69) is 27.8 Å². The summed E-state index contributed by atoms with van der Waals surface area (Å²) in [6.45, 7) is 5.20. The molecule has 0 heterocycles. The van der Waals surface area contributed by atoms with Gasteiger partial charge in [-0.3, -0.25) is 10.6 Å². The van der Waals surface area contributed by atoms with Crippen LogP contribution in [0.15, 0.2) is 12.7 Å². The fourth-order valence-electron chi connectivity index (χ4n) is 3.60. The van der Waals surface area contributed by atoms with E-state index in [9.17, 15) is 14.7 Å². The number of urea groups is 1. The second-order valence-electron chi connectivity index (χ2n) is 8.63. The molecule has 0 aromatic rings. The predicted molar refractivity (Wildman–Crippen MR) is 157 cm³/mol. The Bertz CT molecular complexity index is 704. The van der Waals surface area contributed by atoms with Crippen LogP contribution in [0.1, 0.15) is 19.3 Å². The number of esters is 1. The topological polar surface area (TPSA) is 186 Å². The third-order valence-corrected chi connectivity index (χ3v) is 11.7. The zero-order valence-electron chi connectivity index (χ0n) is 25.9. The quantitative estimate of drug-likeness (QED) is 0.0247. The molecule has 0 aromatic carbocycles. The van der Waals surface area contributed by atoms with Crippen LogP contribution in [0.4, 0.5) is 4.79 Å². The highest BCUT2D eigenvalue weighted by Gasteiger charge is 2.37. The molecule has 0 spiro atoms. The molecular weight excluding hydrogens is 592 g/mol. The Morgan fingerprint density at radius 2 is 1.24 bits per heavy atom. The second kappa shape index (κ2) is 24.9. The lowest BCUT2D eigenvalue weighted by Crippen LogP contribution is -2.44. The van der Waals surface area contributed by atoms with Gasteiger partial charge in [0.05, 0.1) is 19.8 Å². The van der Waals surface area contributed by atoms with Gasteiger partial charge >= 0.3 is 29.6 Å². The van der Waals surface area contributed by atoms with E-state index in [1.165, 1.54) is 0 Å². The van der Waals surface area contributed by atoms with Gasteiger partial charge in [-0.2, -0.15) is 0 Å². The first-order valence-corrected chi connectivity index (χ1v) is 17.5. The van der Waals surface area contributed by atoms with Crippen molar-refractivity contribution in [1.82, 2.24) is 21.3 Å². The van der Waals surface area contributed by atoms with E-state index in [1.54, 1.807) is 42.7 Å². The lowest BCUT2D eigenvalue weighted by Gasteiger charge is -2.25. The molecule has 2 unspecified atom stereocenters. The van der Waals surface area contributed by atoms with E-state index in [0.717, 1.165) is 6.08 Å². The Morgan fingerprint density at radius 3 is 1.74 bits per heavy atom. The van der Waals surface area contributed by atoms with Gasteiger partial charge in [0.1, 0.15) is 12.8 Å². The Morgan fingerprint density at radius 1 is 0.738 bits per heavy atom. The summed E-state index contributed by atoms with van der Waals surface area (Å²) >= 11 is 0. The molecule has 2 amide bonds. The fraction of sp³-hybridized carbons (Fsp3) is 0.833. The number of carbonyl (C=O) groups is 2. The molecule has 0 saturated carbocycles. The predicted octanol–water partition coefficient (Wildman–Crippen LogP) is -0.244. The molecule has 0 rings (SSSR count). The highest BCUT2D eigenvalue weighted by atomic mass is 28.4. The van der Waals surface area contributed by atoms with E-state index in [-0.39, 0.29) is 32.9 Å². The smallest absolute Gasteiger partial charge is 0.461 e. The van der Waals surface area contributed by atoms with Gasteiger partial charge in [0, 0.05) is 73.8 Å². The van der Waals surface area contributed by atoms with Crippen LogP contribution in [0, 0.1) is 0 Å². The second-order valence-corrected chi connectivity index (χ2v) is 14.8. The number of ether oxygens (including phenoxy) is 3. The van der Waals surface area contributed by atoms with Crippen molar-refractivity contribution in [3.63, 3.8) is 0 Å². The number of carbonyl (C=O) groups excluding carboxylic acids is 2. The average molecular weight is 645 g/mol. The maximum Gasteiger partial charge on any atom is 0.500 e. The summed E-state index contributed by atoms with van der Waals surface area (Å²) in [5.74, 6) is -0.556. The van der Waals surface area contributed by atoms with E-state index in [1.807, 2.05) is 0 Å². The molecule has 248 valence electrons. The molecule has 0 aromatic heterocycles. The van der Waals surface area contributed by atoms with Gasteiger partial charge in [-0.1, -0.05) is 6.58 Å². The van der Waals surface area contributed by atoms with Gasteiger partial charge in [-0.15, -0.1) is 0 Å². The third kappa shape index (κ3) is 18.2. The monoisotopic (exact) mass is 644 g/mol. The Balaban J connectivity index is 4.56. The number of rotatable bonds is 28. The summed E-state index contributed by atoms with van der Waals surface area (Å²) in [4.78, 5) is 22.9. The molecule has 42 heavy (non-hydrogen) atoms. The molecule has 0 fully saturated rings. The highest BCUT2D eigenvalue weighted by molar-refractivity contribution is 6.60. The molecule has 0 saturated heterocycles. The van der Waals surface area contributed by atoms with Crippen LogP contribution in [0.5, 0.6) is 0 Å². The van der Waals surface area contributed by atoms with Crippen molar-refractivity contribution < 1.29 is 55.5 Å². The summed E-state index contributed by atoms with van der Waals surface area (Å²) in [7, 11) is 4.02. The Kier molecular flexibility index (Phi) is 24.0. The highest BCUT2D eigenvalue weighted by Crippen LogP contribution is 2.15. The number of hydrogen-bond acceptors (Lipinski definition) is 14. The molecule has 0 radical (unpaired) electrons. The van der Waals surface area contributed by atoms with E-state index in [4.69, 9.17) is 40.8 Å². The van der Waals surface area contributed by atoms with Crippen LogP contribution >= 0.6 is 0 Å². The summed E-state index contributed by atoms with van der Waals surface area (Å²) < 4.78 is 48.7. The molecule has 5 N–H and O–H groups in total. The normalized spacial score (nSPS) is 13.4. The summed E-state index contributed by atoms with van der Waals surface area (Å²) in [5.41, 5.74) is 0. The van der Waals surface area contributed by atoms with Crippen LogP contribution < -0.4 is 21.3 Å². The zero-order chi connectivity index (χ0) is 31.7. The van der Waals surface area contributed by atoms with Crippen LogP contribution in [-0.2, 0) is 45.6 Å². The van der Waals surface area contributed by atoms with Gasteiger partial charge < -0.3 is 56.5 Å². The van der Waals surface area contributed by atoms with Crippen molar-refractivity contribution in [3.05, 3.63) is 12.7 Å². The van der Waals surface area contributed by atoms with Crippen LogP contribution in [0.3, 0.4) is 0 Å². The fourth-order valence-corrected chi connectivity index (χ4v) is 7.05. The number of nitrogens with one attached hydrogen (secondary N) is 4. The lowest BCUT2D eigenvalue weighted by molar-refractivity contribution is -0.137. The number of aliphatic hydroxyl groups is 1. The first kappa shape index (κ1) is 40.5. The van der Waals surface area contributed by atoms with Crippen LogP contribution in [0.2, 0.25) is 12.1 Å². The summed E-state index contributed by atoms with van der Waals surface area (Å²) in [5, 5.41) is 21.6. The number of amides is 2. The minimum absolute atomic E-state index is 0.0385. The molecule has 0 aliphatic rings. The van der Waals surface area contributed by atoms with Crippen molar-refractivity contribution in [1.29, 1.82) is 0 Å². The molecule has 0 aliphatic heterocycles. The SMILES string of the molecule is C=CC(=O)OCCNC(=O)NCCOC(CCOC(O)NCCC[Si](OC)(OC)OC)NCCC[Si](OC)(OC)OC. The van der Waals surface area contributed by atoms with Gasteiger partial charge in [0.25, 0.3) is 0 Å². The number of aliphatic hydroxyl groups excluding tert-OH is 1. The van der Waals surface area contributed by atoms with Gasteiger partial charge in [-0.25, -0.2) is 9.59 Å².